The van der Waals surface area contributed by atoms with Crippen LogP contribution in [0.1, 0.15) is 47.2 Å². The van der Waals surface area contributed by atoms with E-state index in [1.807, 2.05) is 42.5 Å². The Labute approximate surface area is 197 Å². The molecule has 170 valence electrons. The summed E-state index contributed by atoms with van der Waals surface area (Å²) in [6.45, 7) is 2.42. The second-order valence-electron chi connectivity index (χ2n) is 8.08. The van der Waals surface area contributed by atoms with Gasteiger partial charge in [0.1, 0.15) is 17.3 Å². The molecule has 0 atom stereocenters. The van der Waals surface area contributed by atoms with E-state index in [0.29, 0.717) is 35.6 Å². The highest BCUT2D eigenvalue weighted by atomic mass is 19.1. The van der Waals surface area contributed by atoms with Gasteiger partial charge in [-0.3, -0.25) is 0 Å². The fraction of sp³-hybridized carbons (Fsp3) is 0.179. The Balaban J connectivity index is 1.73. The van der Waals surface area contributed by atoms with Crippen molar-refractivity contribution in [3.8, 4) is 28.5 Å². The molecule has 0 aliphatic heterocycles. The molecule has 0 amide bonds. The number of hydrogen-bond donors (Lipinski definition) is 1. The second kappa shape index (κ2) is 10.1. The number of imidazole rings is 1. The highest BCUT2D eigenvalue weighted by molar-refractivity contribution is 5.93. The first kappa shape index (κ1) is 22.9. The number of carbonyl (C=O) groups is 1. The largest absolute Gasteiger partial charge is 0.477 e. The molecule has 1 N–H and O–H groups in total. The Morgan fingerprint density at radius 2 is 1.71 bits per heavy atom. The Morgan fingerprint density at radius 1 is 1.03 bits per heavy atom. The second-order valence-corrected chi connectivity index (χ2v) is 8.08. The average molecular weight is 454 g/mol. The lowest BCUT2D eigenvalue weighted by molar-refractivity contribution is 0.0686. The number of halogens is 1. The van der Waals surface area contributed by atoms with E-state index >= 15 is 0 Å². The Kier molecular flexibility index (Phi) is 6.84. The molecule has 0 spiro atoms. The maximum Gasteiger partial charge on any atom is 0.354 e. The maximum absolute atomic E-state index is 13.4. The van der Waals surface area contributed by atoms with Gasteiger partial charge in [-0.05, 0) is 53.4 Å². The maximum atomic E-state index is 13.4. The van der Waals surface area contributed by atoms with Crippen molar-refractivity contribution in [3.05, 3.63) is 101 Å². The average Bonchev–Trinajstić information content (AvgIpc) is 3.21. The smallest absolute Gasteiger partial charge is 0.354 e. The number of unbranched alkanes of at least 4 members (excludes halogenated alkanes) is 1. The molecule has 0 saturated heterocycles. The molecule has 34 heavy (non-hydrogen) atoms. The highest BCUT2D eigenvalue weighted by Crippen LogP contribution is 2.28. The van der Waals surface area contributed by atoms with E-state index < -0.39 is 5.97 Å². The van der Waals surface area contributed by atoms with Crippen LogP contribution in [0.15, 0.2) is 72.8 Å². The predicted octanol–water partition coefficient (Wildman–Crippen LogP) is 6.32. The summed E-state index contributed by atoms with van der Waals surface area (Å²) in [5, 5.41) is 19.5. The number of nitriles is 1. The minimum Gasteiger partial charge on any atom is -0.477 e. The van der Waals surface area contributed by atoms with Crippen LogP contribution >= 0.6 is 0 Å². The summed E-state index contributed by atoms with van der Waals surface area (Å²) in [7, 11) is 0. The van der Waals surface area contributed by atoms with Crippen molar-refractivity contribution in [3.63, 3.8) is 0 Å². The number of carboxylic acids is 1. The predicted molar refractivity (Wildman–Crippen MR) is 129 cm³/mol. The fourth-order valence-corrected chi connectivity index (χ4v) is 4.03. The standard InChI is InChI=1S/C28H24FN3O2/c1-2-3-8-25-31-26(21-13-15-23(29)16-14-21)27(28(33)34)32(25)18-19-9-11-20(12-10-19)24-7-5-4-6-22(24)17-30/h4-7,9-16H,2-3,8,18H2,1H3,(H,33,34). The summed E-state index contributed by atoms with van der Waals surface area (Å²) in [6, 6.07) is 23.1. The topological polar surface area (TPSA) is 78.9 Å². The molecule has 6 heteroatoms. The van der Waals surface area contributed by atoms with Crippen molar-refractivity contribution in [2.75, 3.05) is 0 Å². The van der Waals surface area contributed by atoms with Gasteiger partial charge in [0.25, 0.3) is 0 Å². The van der Waals surface area contributed by atoms with Crippen LogP contribution in [0.5, 0.6) is 0 Å². The molecule has 0 radical (unpaired) electrons. The van der Waals surface area contributed by atoms with E-state index in [0.717, 1.165) is 29.5 Å². The molecule has 0 bridgehead atoms. The molecule has 4 aromatic rings. The molecule has 1 heterocycles. The van der Waals surface area contributed by atoms with Crippen LogP contribution in [0.25, 0.3) is 22.4 Å². The van der Waals surface area contributed by atoms with Crippen molar-refractivity contribution in [2.45, 2.75) is 32.7 Å². The molecular weight excluding hydrogens is 429 g/mol. The van der Waals surface area contributed by atoms with Gasteiger partial charge in [-0.25, -0.2) is 14.2 Å². The van der Waals surface area contributed by atoms with Gasteiger partial charge < -0.3 is 9.67 Å². The van der Waals surface area contributed by atoms with Crippen molar-refractivity contribution in [2.24, 2.45) is 0 Å². The lowest BCUT2D eigenvalue weighted by atomic mass is 9.99. The monoisotopic (exact) mass is 453 g/mol. The molecule has 1 aromatic heterocycles. The van der Waals surface area contributed by atoms with Crippen molar-refractivity contribution in [1.29, 1.82) is 5.26 Å². The van der Waals surface area contributed by atoms with E-state index in [9.17, 15) is 19.6 Å². The van der Waals surface area contributed by atoms with Crippen LogP contribution in [-0.4, -0.2) is 20.6 Å². The van der Waals surface area contributed by atoms with Gasteiger partial charge in [0.05, 0.1) is 11.6 Å². The van der Waals surface area contributed by atoms with Gasteiger partial charge in [-0.2, -0.15) is 5.26 Å². The van der Waals surface area contributed by atoms with Crippen LogP contribution in [0, 0.1) is 17.1 Å². The first-order chi connectivity index (χ1) is 16.5. The number of carboxylic acid groups (broad SMARTS) is 1. The molecule has 5 nitrogen and oxygen atoms in total. The summed E-state index contributed by atoms with van der Waals surface area (Å²) >= 11 is 0. The summed E-state index contributed by atoms with van der Waals surface area (Å²) in [5.41, 5.74) is 4.30. The summed E-state index contributed by atoms with van der Waals surface area (Å²) in [5.74, 6) is -0.768. The lowest BCUT2D eigenvalue weighted by Crippen LogP contribution is -2.13. The minimum atomic E-state index is -1.07. The van der Waals surface area contributed by atoms with E-state index in [1.54, 1.807) is 22.8 Å². The van der Waals surface area contributed by atoms with E-state index in [2.05, 4.69) is 18.0 Å². The van der Waals surface area contributed by atoms with Crippen LogP contribution in [0.4, 0.5) is 4.39 Å². The number of benzene rings is 3. The van der Waals surface area contributed by atoms with Crippen molar-refractivity contribution in [1.82, 2.24) is 9.55 Å². The zero-order chi connectivity index (χ0) is 24.1. The normalized spacial score (nSPS) is 10.7. The van der Waals surface area contributed by atoms with Crippen molar-refractivity contribution < 1.29 is 14.3 Å². The molecule has 3 aromatic carbocycles. The molecule has 0 aliphatic carbocycles. The molecular formula is C28H24FN3O2. The van der Waals surface area contributed by atoms with Gasteiger partial charge >= 0.3 is 5.97 Å². The molecule has 4 rings (SSSR count). The van der Waals surface area contributed by atoms with E-state index in [1.165, 1.54) is 12.1 Å². The van der Waals surface area contributed by atoms with Gasteiger partial charge in [0.2, 0.25) is 0 Å². The molecule has 0 aliphatic rings. The number of aromatic nitrogens is 2. The van der Waals surface area contributed by atoms with Crippen LogP contribution in [-0.2, 0) is 13.0 Å². The SMILES string of the molecule is CCCCc1nc(-c2ccc(F)cc2)c(C(=O)O)n1Cc1ccc(-c2ccccc2C#N)cc1. The number of rotatable bonds is 8. The lowest BCUT2D eigenvalue weighted by Gasteiger charge is -2.12. The number of nitrogens with zero attached hydrogens (tertiary/aromatic N) is 3. The van der Waals surface area contributed by atoms with Gasteiger partial charge in [-0.1, -0.05) is 55.8 Å². The zero-order valence-electron chi connectivity index (χ0n) is 18.8. The van der Waals surface area contributed by atoms with Crippen LogP contribution in [0.2, 0.25) is 0 Å². The third kappa shape index (κ3) is 4.74. The first-order valence-electron chi connectivity index (χ1n) is 11.2. The number of hydrogen-bond acceptors (Lipinski definition) is 3. The highest BCUT2D eigenvalue weighted by Gasteiger charge is 2.23. The third-order valence-corrected chi connectivity index (χ3v) is 5.77. The summed E-state index contributed by atoms with van der Waals surface area (Å²) in [6.07, 6.45) is 2.47. The van der Waals surface area contributed by atoms with E-state index in [4.69, 9.17) is 0 Å². The zero-order valence-corrected chi connectivity index (χ0v) is 18.8. The first-order valence-corrected chi connectivity index (χ1v) is 11.2. The van der Waals surface area contributed by atoms with Crippen LogP contribution in [0.3, 0.4) is 0 Å². The van der Waals surface area contributed by atoms with Gasteiger partial charge in [0, 0.05) is 18.5 Å². The van der Waals surface area contributed by atoms with Gasteiger partial charge in [0.15, 0.2) is 5.69 Å². The van der Waals surface area contributed by atoms with E-state index in [-0.39, 0.29) is 11.5 Å². The fourth-order valence-electron chi connectivity index (χ4n) is 4.03. The summed E-state index contributed by atoms with van der Waals surface area (Å²) < 4.78 is 15.2. The molecule has 0 unspecified atom stereocenters. The van der Waals surface area contributed by atoms with Crippen LogP contribution < -0.4 is 0 Å². The Bertz CT molecular complexity index is 1350. The number of aromatic carboxylic acids is 1. The Morgan fingerprint density at radius 3 is 2.35 bits per heavy atom. The van der Waals surface area contributed by atoms with Crippen molar-refractivity contribution >= 4 is 5.97 Å². The number of aryl methyl sites for hydroxylation is 1. The minimum absolute atomic E-state index is 0.0941. The summed E-state index contributed by atoms with van der Waals surface area (Å²) in [4.78, 5) is 17.0. The molecule has 0 fully saturated rings. The molecule has 0 saturated carbocycles. The quantitative estimate of drug-likeness (QED) is 0.339. The Hall–Kier alpha value is -4.24. The third-order valence-electron chi connectivity index (χ3n) is 5.77. The van der Waals surface area contributed by atoms with Gasteiger partial charge in [-0.15, -0.1) is 0 Å².